The quantitative estimate of drug-likeness (QED) is 0.627. The van der Waals surface area contributed by atoms with Crippen LogP contribution >= 0.6 is 0 Å². The predicted molar refractivity (Wildman–Crippen MR) is 105 cm³/mol. The van der Waals surface area contributed by atoms with Crippen LogP contribution in [0.3, 0.4) is 0 Å². The van der Waals surface area contributed by atoms with Crippen LogP contribution in [-0.2, 0) is 0 Å². The molecule has 2 N–H and O–H groups in total. The number of nitrogens with one attached hydrogen (secondary N) is 2. The van der Waals surface area contributed by atoms with Crippen molar-refractivity contribution in [3.05, 3.63) is 60.3 Å². The third-order valence-corrected chi connectivity index (χ3v) is 4.81. The molecule has 0 spiro atoms. The molecule has 144 valence electrons. The Kier molecular flexibility index (Phi) is 5.41. The van der Waals surface area contributed by atoms with Gasteiger partial charge in [-0.1, -0.05) is 31.4 Å². The largest absolute Gasteiger partial charge is 0.351 e. The Morgan fingerprint density at radius 1 is 0.857 bits per heavy atom. The maximum Gasteiger partial charge on any atom is 0.225 e. The molecule has 0 unspecified atom stereocenters. The monoisotopic (exact) mass is 381 g/mol. The van der Waals surface area contributed by atoms with Gasteiger partial charge in [0.1, 0.15) is 23.1 Å². The molecule has 1 aliphatic rings. The van der Waals surface area contributed by atoms with Crippen molar-refractivity contribution in [2.24, 2.45) is 0 Å². The standard InChI is InChI=1S/C21H21F2N5/c22-15-9-6-10-16(23)20(15)27-19-13-18(17-11-4-5-12-24-17)26-21(28-19)25-14-7-2-1-3-8-14/h4-6,9-14H,1-3,7-8H2,(H2,25,26,27,28). The van der Waals surface area contributed by atoms with Crippen LogP contribution in [0.15, 0.2) is 48.7 Å². The van der Waals surface area contributed by atoms with Gasteiger partial charge < -0.3 is 10.6 Å². The molecule has 0 aliphatic heterocycles. The lowest BCUT2D eigenvalue weighted by Crippen LogP contribution is -2.23. The van der Waals surface area contributed by atoms with Crippen molar-refractivity contribution in [2.45, 2.75) is 38.1 Å². The van der Waals surface area contributed by atoms with Crippen LogP contribution in [-0.4, -0.2) is 21.0 Å². The highest BCUT2D eigenvalue weighted by molar-refractivity contribution is 5.65. The first-order valence-electron chi connectivity index (χ1n) is 9.47. The SMILES string of the molecule is Fc1cccc(F)c1Nc1cc(-c2ccccn2)nc(NC2CCCCC2)n1. The van der Waals surface area contributed by atoms with Gasteiger partial charge in [-0.05, 0) is 37.1 Å². The van der Waals surface area contributed by atoms with Crippen LogP contribution in [0.1, 0.15) is 32.1 Å². The molecule has 4 rings (SSSR count). The van der Waals surface area contributed by atoms with Crippen molar-refractivity contribution in [1.82, 2.24) is 15.0 Å². The molecule has 2 aromatic heterocycles. The third-order valence-electron chi connectivity index (χ3n) is 4.81. The van der Waals surface area contributed by atoms with E-state index in [1.165, 1.54) is 37.5 Å². The maximum absolute atomic E-state index is 14.1. The number of hydrogen-bond acceptors (Lipinski definition) is 5. The van der Waals surface area contributed by atoms with Gasteiger partial charge in [0.15, 0.2) is 0 Å². The fourth-order valence-corrected chi connectivity index (χ4v) is 3.40. The summed E-state index contributed by atoms with van der Waals surface area (Å²) in [5.41, 5.74) is 0.999. The molecular formula is C21H21F2N5. The molecule has 3 aromatic rings. The van der Waals surface area contributed by atoms with E-state index in [4.69, 9.17) is 0 Å². The summed E-state index contributed by atoms with van der Waals surface area (Å²) in [7, 11) is 0. The maximum atomic E-state index is 14.1. The van der Waals surface area contributed by atoms with Gasteiger partial charge in [0.25, 0.3) is 0 Å². The molecule has 1 saturated carbocycles. The number of benzene rings is 1. The Morgan fingerprint density at radius 2 is 1.64 bits per heavy atom. The van der Waals surface area contributed by atoms with Crippen LogP contribution in [0.5, 0.6) is 0 Å². The van der Waals surface area contributed by atoms with Crippen molar-refractivity contribution >= 4 is 17.5 Å². The van der Waals surface area contributed by atoms with Crippen molar-refractivity contribution < 1.29 is 8.78 Å². The molecule has 2 heterocycles. The Bertz CT molecular complexity index is 923. The molecule has 5 nitrogen and oxygen atoms in total. The van der Waals surface area contributed by atoms with E-state index in [2.05, 4.69) is 25.6 Å². The average molecular weight is 381 g/mol. The number of para-hydroxylation sites is 1. The molecule has 0 bridgehead atoms. The molecule has 28 heavy (non-hydrogen) atoms. The molecule has 0 amide bonds. The van der Waals surface area contributed by atoms with Crippen LogP contribution in [0.2, 0.25) is 0 Å². The Labute approximate surface area is 162 Å². The van der Waals surface area contributed by atoms with Crippen molar-refractivity contribution in [1.29, 1.82) is 0 Å². The Hall–Kier alpha value is -3.09. The number of pyridine rings is 1. The minimum atomic E-state index is -0.681. The zero-order chi connectivity index (χ0) is 19.3. The predicted octanol–water partition coefficient (Wildman–Crippen LogP) is 5.31. The second kappa shape index (κ2) is 8.29. The van der Waals surface area contributed by atoms with Gasteiger partial charge in [-0.3, -0.25) is 4.98 Å². The second-order valence-electron chi connectivity index (χ2n) is 6.88. The fourth-order valence-electron chi connectivity index (χ4n) is 3.40. The molecule has 1 aromatic carbocycles. The molecule has 7 heteroatoms. The van der Waals surface area contributed by atoms with Gasteiger partial charge >= 0.3 is 0 Å². The third kappa shape index (κ3) is 4.24. The average Bonchev–Trinajstić information content (AvgIpc) is 2.72. The van der Waals surface area contributed by atoms with Crippen molar-refractivity contribution in [3.63, 3.8) is 0 Å². The van der Waals surface area contributed by atoms with Crippen LogP contribution < -0.4 is 10.6 Å². The smallest absolute Gasteiger partial charge is 0.225 e. The van der Waals surface area contributed by atoms with E-state index < -0.39 is 11.6 Å². The Balaban J connectivity index is 1.69. The first kappa shape index (κ1) is 18.3. The van der Waals surface area contributed by atoms with E-state index in [1.54, 1.807) is 12.3 Å². The molecule has 0 atom stereocenters. The molecular weight excluding hydrogens is 360 g/mol. The number of rotatable bonds is 5. The van der Waals surface area contributed by atoms with Crippen LogP contribution in [0, 0.1) is 11.6 Å². The van der Waals surface area contributed by atoms with E-state index in [-0.39, 0.29) is 5.69 Å². The van der Waals surface area contributed by atoms with E-state index in [9.17, 15) is 8.78 Å². The van der Waals surface area contributed by atoms with E-state index in [0.29, 0.717) is 29.2 Å². The van der Waals surface area contributed by atoms with Gasteiger partial charge in [0.05, 0.1) is 11.4 Å². The summed E-state index contributed by atoms with van der Waals surface area (Å²) >= 11 is 0. The highest BCUT2D eigenvalue weighted by Crippen LogP contribution is 2.27. The normalized spacial score (nSPS) is 14.6. The first-order chi connectivity index (χ1) is 13.7. The second-order valence-corrected chi connectivity index (χ2v) is 6.88. The Morgan fingerprint density at radius 3 is 2.36 bits per heavy atom. The number of hydrogen-bond donors (Lipinski definition) is 2. The zero-order valence-corrected chi connectivity index (χ0v) is 15.3. The number of halogens is 2. The van der Waals surface area contributed by atoms with Gasteiger partial charge in [-0.25, -0.2) is 13.8 Å². The lowest BCUT2D eigenvalue weighted by molar-refractivity contribution is 0.461. The lowest BCUT2D eigenvalue weighted by atomic mass is 9.96. The summed E-state index contributed by atoms with van der Waals surface area (Å²) in [6.07, 6.45) is 7.37. The number of anilines is 3. The summed E-state index contributed by atoms with van der Waals surface area (Å²) in [5.74, 6) is -0.633. The van der Waals surface area contributed by atoms with Crippen molar-refractivity contribution in [3.8, 4) is 11.4 Å². The van der Waals surface area contributed by atoms with Crippen molar-refractivity contribution in [2.75, 3.05) is 10.6 Å². The first-order valence-corrected chi connectivity index (χ1v) is 9.47. The van der Waals surface area contributed by atoms with E-state index in [0.717, 1.165) is 12.8 Å². The number of aromatic nitrogens is 3. The minimum Gasteiger partial charge on any atom is -0.351 e. The summed E-state index contributed by atoms with van der Waals surface area (Å²) in [6, 6.07) is 11.2. The van der Waals surface area contributed by atoms with Gasteiger partial charge in [0, 0.05) is 18.3 Å². The van der Waals surface area contributed by atoms with Crippen LogP contribution in [0.25, 0.3) is 11.4 Å². The van der Waals surface area contributed by atoms with Gasteiger partial charge in [-0.15, -0.1) is 0 Å². The van der Waals surface area contributed by atoms with E-state index >= 15 is 0 Å². The van der Waals surface area contributed by atoms with Crippen LogP contribution in [0.4, 0.5) is 26.2 Å². The molecule has 1 fully saturated rings. The zero-order valence-electron chi connectivity index (χ0n) is 15.3. The number of nitrogens with zero attached hydrogens (tertiary/aromatic N) is 3. The molecule has 0 saturated heterocycles. The topological polar surface area (TPSA) is 62.7 Å². The summed E-state index contributed by atoms with van der Waals surface area (Å²) in [6.45, 7) is 0. The van der Waals surface area contributed by atoms with E-state index in [1.807, 2.05) is 18.2 Å². The summed E-state index contributed by atoms with van der Waals surface area (Å²) < 4.78 is 28.1. The molecule has 1 aliphatic carbocycles. The highest BCUT2D eigenvalue weighted by Gasteiger charge is 2.17. The summed E-state index contributed by atoms with van der Waals surface area (Å²) in [5, 5.41) is 6.13. The van der Waals surface area contributed by atoms with Gasteiger partial charge in [0.2, 0.25) is 5.95 Å². The summed E-state index contributed by atoms with van der Waals surface area (Å²) in [4.78, 5) is 13.3. The minimum absolute atomic E-state index is 0.239. The molecule has 0 radical (unpaired) electrons. The fraction of sp³-hybridized carbons (Fsp3) is 0.286. The van der Waals surface area contributed by atoms with Gasteiger partial charge in [-0.2, -0.15) is 4.98 Å². The highest BCUT2D eigenvalue weighted by atomic mass is 19.1. The lowest BCUT2D eigenvalue weighted by Gasteiger charge is -2.23.